The first-order chi connectivity index (χ1) is 10.2. The van der Waals surface area contributed by atoms with Crippen LogP contribution >= 0.6 is 23.2 Å². The van der Waals surface area contributed by atoms with Gasteiger partial charge in [0.25, 0.3) is 0 Å². The lowest BCUT2D eigenvalue weighted by molar-refractivity contribution is 0.288. The molecule has 2 heterocycles. The molecule has 1 aromatic carbocycles. The predicted octanol–water partition coefficient (Wildman–Crippen LogP) is 4.13. The van der Waals surface area contributed by atoms with Crippen LogP contribution < -0.4 is 0 Å². The number of hydrogen-bond donors (Lipinski definition) is 0. The Bertz CT molecular complexity index is 617. The van der Waals surface area contributed by atoms with Crippen molar-refractivity contribution in [3.05, 3.63) is 29.0 Å². The molecule has 1 atom stereocenters. The van der Waals surface area contributed by atoms with E-state index in [1.165, 1.54) is 25.9 Å². The number of fused-ring (bicyclic) bond motifs is 1. The Morgan fingerprint density at radius 3 is 2.76 bits per heavy atom. The van der Waals surface area contributed by atoms with Crippen molar-refractivity contribution >= 4 is 34.2 Å². The average Bonchev–Trinajstić information content (AvgIpc) is 3.06. The van der Waals surface area contributed by atoms with E-state index < -0.39 is 0 Å². The van der Waals surface area contributed by atoms with Crippen molar-refractivity contribution in [3.8, 4) is 0 Å². The molecule has 0 amide bonds. The molecule has 0 bridgehead atoms. The molecule has 3 rings (SSSR count). The minimum absolute atomic E-state index is 0.379. The van der Waals surface area contributed by atoms with Gasteiger partial charge in [0, 0.05) is 29.9 Å². The number of hydrogen-bond acceptors (Lipinski definition) is 2. The van der Waals surface area contributed by atoms with Crippen molar-refractivity contribution in [1.82, 2.24) is 14.5 Å². The summed E-state index contributed by atoms with van der Waals surface area (Å²) in [7, 11) is 0. The molecule has 0 aliphatic carbocycles. The van der Waals surface area contributed by atoms with Crippen LogP contribution in [0.2, 0.25) is 5.02 Å². The summed E-state index contributed by atoms with van der Waals surface area (Å²) in [4.78, 5) is 7.27. The molecule has 0 spiro atoms. The monoisotopic (exact) mass is 325 g/mol. The second kappa shape index (κ2) is 6.55. The number of rotatable bonds is 5. The van der Waals surface area contributed by atoms with Crippen LogP contribution in [0.15, 0.2) is 18.2 Å². The van der Waals surface area contributed by atoms with Crippen LogP contribution in [0.1, 0.15) is 31.6 Å². The van der Waals surface area contributed by atoms with Crippen LogP contribution in [0.4, 0.5) is 0 Å². The van der Waals surface area contributed by atoms with Gasteiger partial charge in [-0.15, -0.1) is 11.6 Å². The van der Waals surface area contributed by atoms with Crippen LogP contribution in [-0.4, -0.2) is 40.0 Å². The fourth-order valence-corrected chi connectivity index (χ4v) is 3.62. The normalized spacial score (nSPS) is 17.7. The van der Waals surface area contributed by atoms with Gasteiger partial charge in [0.15, 0.2) is 0 Å². The largest absolute Gasteiger partial charge is 0.324 e. The Labute approximate surface area is 135 Å². The minimum atomic E-state index is 0.379. The number of benzene rings is 1. The van der Waals surface area contributed by atoms with Crippen LogP contribution in [0.3, 0.4) is 0 Å². The fourth-order valence-electron chi connectivity index (χ4n) is 3.29. The molecule has 2 aromatic rings. The molecule has 114 valence electrons. The third-order valence-corrected chi connectivity index (χ3v) is 4.63. The van der Waals surface area contributed by atoms with E-state index >= 15 is 0 Å². The predicted molar refractivity (Wildman–Crippen MR) is 89.6 cm³/mol. The molecule has 0 radical (unpaired) electrons. The van der Waals surface area contributed by atoms with Gasteiger partial charge in [0.1, 0.15) is 5.82 Å². The first kappa shape index (κ1) is 15.1. The first-order valence-corrected chi connectivity index (χ1v) is 8.55. The Morgan fingerprint density at radius 1 is 1.29 bits per heavy atom. The summed E-state index contributed by atoms with van der Waals surface area (Å²) < 4.78 is 2.32. The lowest BCUT2D eigenvalue weighted by Crippen LogP contribution is -2.28. The second-order valence-electron chi connectivity index (χ2n) is 5.83. The number of aromatic nitrogens is 2. The summed E-state index contributed by atoms with van der Waals surface area (Å²) in [5.41, 5.74) is 2.13. The van der Waals surface area contributed by atoms with E-state index in [0.717, 1.165) is 34.8 Å². The second-order valence-corrected chi connectivity index (χ2v) is 6.64. The summed E-state index contributed by atoms with van der Waals surface area (Å²) in [6.07, 6.45) is 3.42. The topological polar surface area (TPSA) is 21.1 Å². The van der Waals surface area contributed by atoms with Gasteiger partial charge in [0.05, 0.1) is 11.0 Å². The molecule has 1 unspecified atom stereocenters. The summed E-state index contributed by atoms with van der Waals surface area (Å²) in [5.74, 6) is 1.65. The highest BCUT2D eigenvalue weighted by molar-refractivity contribution is 6.31. The first-order valence-electron chi connectivity index (χ1n) is 7.63. The summed E-state index contributed by atoms with van der Waals surface area (Å²) in [5, 5.41) is 0.759. The van der Waals surface area contributed by atoms with E-state index in [2.05, 4.69) is 16.4 Å². The summed E-state index contributed by atoms with van der Waals surface area (Å²) in [6, 6.07) is 6.29. The molecule has 5 heteroatoms. The van der Waals surface area contributed by atoms with Gasteiger partial charge in [-0.1, -0.05) is 11.6 Å². The number of imidazole rings is 1. The fraction of sp³-hybridized carbons (Fsp3) is 0.562. The molecule has 1 aromatic heterocycles. The third kappa shape index (κ3) is 3.20. The van der Waals surface area contributed by atoms with Crippen molar-refractivity contribution in [2.24, 2.45) is 0 Å². The molecule has 1 aliphatic rings. The molecule has 21 heavy (non-hydrogen) atoms. The van der Waals surface area contributed by atoms with E-state index in [0.29, 0.717) is 11.9 Å². The molecule has 1 saturated heterocycles. The Balaban J connectivity index is 1.96. The van der Waals surface area contributed by atoms with Crippen LogP contribution in [0.25, 0.3) is 11.0 Å². The molecular formula is C16H21Cl2N3. The van der Waals surface area contributed by atoms with Crippen molar-refractivity contribution in [3.63, 3.8) is 0 Å². The van der Waals surface area contributed by atoms with Gasteiger partial charge in [-0.05, 0) is 51.1 Å². The molecular weight excluding hydrogens is 305 g/mol. The summed E-state index contributed by atoms with van der Waals surface area (Å²) in [6.45, 7) is 5.75. The standard InChI is InChI=1S/C16H21Cl2N3/c1-12(11-20-8-2-3-9-20)21-15-10-13(18)4-5-14(15)19-16(21)6-7-17/h4-5,10,12H,2-3,6-9,11H2,1H3. The highest BCUT2D eigenvalue weighted by atomic mass is 35.5. The molecule has 0 saturated carbocycles. The lowest BCUT2D eigenvalue weighted by atomic mass is 10.2. The van der Waals surface area contributed by atoms with Gasteiger partial charge in [-0.25, -0.2) is 4.98 Å². The highest BCUT2D eigenvalue weighted by Gasteiger charge is 2.20. The zero-order valence-electron chi connectivity index (χ0n) is 12.4. The maximum atomic E-state index is 6.17. The van der Waals surface area contributed by atoms with Gasteiger partial charge < -0.3 is 9.47 Å². The van der Waals surface area contributed by atoms with Crippen LogP contribution in [0, 0.1) is 0 Å². The number of nitrogens with zero attached hydrogens (tertiary/aromatic N) is 3. The van der Waals surface area contributed by atoms with E-state index in [1.807, 2.05) is 18.2 Å². The smallest absolute Gasteiger partial charge is 0.111 e. The molecule has 0 N–H and O–H groups in total. The van der Waals surface area contributed by atoms with E-state index in [4.69, 9.17) is 28.2 Å². The maximum Gasteiger partial charge on any atom is 0.111 e. The zero-order chi connectivity index (χ0) is 14.8. The SMILES string of the molecule is CC(CN1CCCC1)n1c(CCCl)nc2ccc(Cl)cc21. The van der Waals surface area contributed by atoms with Crippen molar-refractivity contribution in [1.29, 1.82) is 0 Å². The molecule has 1 aliphatic heterocycles. The number of alkyl halides is 1. The lowest BCUT2D eigenvalue weighted by Gasteiger charge is -2.23. The molecule has 3 nitrogen and oxygen atoms in total. The van der Waals surface area contributed by atoms with Crippen molar-refractivity contribution < 1.29 is 0 Å². The minimum Gasteiger partial charge on any atom is -0.324 e. The zero-order valence-corrected chi connectivity index (χ0v) is 13.9. The quantitative estimate of drug-likeness (QED) is 0.771. The van der Waals surface area contributed by atoms with E-state index in [1.54, 1.807) is 0 Å². The van der Waals surface area contributed by atoms with E-state index in [-0.39, 0.29) is 0 Å². The van der Waals surface area contributed by atoms with Crippen LogP contribution in [0.5, 0.6) is 0 Å². The van der Waals surface area contributed by atoms with E-state index in [9.17, 15) is 0 Å². The average molecular weight is 326 g/mol. The highest BCUT2D eigenvalue weighted by Crippen LogP contribution is 2.26. The number of halogens is 2. The van der Waals surface area contributed by atoms with Gasteiger partial charge in [0.2, 0.25) is 0 Å². The van der Waals surface area contributed by atoms with Gasteiger partial charge in [-0.3, -0.25) is 0 Å². The maximum absolute atomic E-state index is 6.17. The molecule has 1 fully saturated rings. The van der Waals surface area contributed by atoms with Crippen LogP contribution in [-0.2, 0) is 6.42 Å². The Morgan fingerprint density at radius 2 is 2.05 bits per heavy atom. The van der Waals surface area contributed by atoms with Gasteiger partial charge in [-0.2, -0.15) is 0 Å². The number of aryl methyl sites for hydroxylation is 1. The number of likely N-dealkylation sites (tertiary alicyclic amines) is 1. The van der Waals surface area contributed by atoms with Crippen molar-refractivity contribution in [2.75, 3.05) is 25.5 Å². The van der Waals surface area contributed by atoms with Gasteiger partial charge >= 0.3 is 0 Å². The Kier molecular flexibility index (Phi) is 4.72. The van der Waals surface area contributed by atoms with Crippen molar-refractivity contribution in [2.45, 2.75) is 32.2 Å². The Hall–Kier alpha value is -0.770. The summed E-state index contributed by atoms with van der Waals surface area (Å²) >= 11 is 12.1. The third-order valence-electron chi connectivity index (χ3n) is 4.20.